The van der Waals surface area contributed by atoms with Crippen molar-refractivity contribution in [2.24, 2.45) is 0 Å². The Morgan fingerprint density at radius 1 is 0.923 bits per heavy atom. The number of para-hydroxylation sites is 1. The van der Waals surface area contributed by atoms with E-state index in [0.717, 1.165) is 11.1 Å². The Labute approximate surface area is 154 Å². The smallest absolute Gasteiger partial charge is 0.255 e. The highest BCUT2D eigenvalue weighted by Crippen LogP contribution is 2.21. The van der Waals surface area contributed by atoms with Crippen LogP contribution in [0.4, 0.5) is 0 Å². The van der Waals surface area contributed by atoms with Crippen molar-refractivity contribution in [3.05, 3.63) is 101 Å². The van der Waals surface area contributed by atoms with Crippen LogP contribution in [0.25, 0.3) is 0 Å². The molecule has 0 saturated carbocycles. The van der Waals surface area contributed by atoms with Crippen LogP contribution in [0.15, 0.2) is 78.9 Å². The number of nitrogens with one attached hydrogen (secondary N) is 1. The topological polar surface area (TPSA) is 38.3 Å². The first-order valence-corrected chi connectivity index (χ1v) is 8.76. The first-order valence-electron chi connectivity index (χ1n) is 8.76. The van der Waals surface area contributed by atoms with Crippen molar-refractivity contribution in [3.8, 4) is 5.75 Å². The van der Waals surface area contributed by atoms with Crippen LogP contribution in [-0.2, 0) is 6.61 Å². The number of hydrogen-bond donors (Lipinski definition) is 1. The van der Waals surface area contributed by atoms with Crippen molar-refractivity contribution >= 4 is 5.91 Å². The number of hydrogen-bond acceptors (Lipinski definition) is 2. The predicted molar refractivity (Wildman–Crippen MR) is 104 cm³/mol. The minimum absolute atomic E-state index is 0.0784. The molecule has 0 bridgehead atoms. The number of rotatable bonds is 6. The van der Waals surface area contributed by atoms with E-state index in [-0.39, 0.29) is 11.9 Å². The molecular weight excluding hydrogens is 322 g/mol. The van der Waals surface area contributed by atoms with E-state index in [1.54, 1.807) is 6.07 Å². The maximum atomic E-state index is 12.7. The first-order chi connectivity index (χ1) is 12.6. The average molecular weight is 345 g/mol. The maximum Gasteiger partial charge on any atom is 0.255 e. The fraction of sp³-hybridized carbons (Fsp3) is 0.174. The summed E-state index contributed by atoms with van der Waals surface area (Å²) in [5, 5.41) is 3.05. The maximum absolute atomic E-state index is 12.7. The van der Waals surface area contributed by atoms with Crippen molar-refractivity contribution < 1.29 is 9.53 Å². The lowest BCUT2D eigenvalue weighted by Crippen LogP contribution is -2.27. The zero-order valence-electron chi connectivity index (χ0n) is 15.1. The van der Waals surface area contributed by atoms with Crippen LogP contribution in [-0.4, -0.2) is 5.91 Å². The van der Waals surface area contributed by atoms with Crippen LogP contribution in [0.5, 0.6) is 5.75 Å². The fourth-order valence-electron chi connectivity index (χ4n) is 2.73. The molecule has 0 heterocycles. The van der Waals surface area contributed by atoms with E-state index >= 15 is 0 Å². The summed E-state index contributed by atoms with van der Waals surface area (Å²) in [5.74, 6) is 0.451. The Morgan fingerprint density at radius 2 is 1.58 bits per heavy atom. The summed E-state index contributed by atoms with van der Waals surface area (Å²) < 4.78 is 5.89. The molecule has 0 aliphatic heterocycles. The molecule has 3 heteroatoms. The monoisotopic (exact) mass is 345 g/mol. The van der Waals surface area contributed by atoms with Crippen LogP contribution in [0.2, 0.25) is 0 Å². The second-order valence-electron chi connectivity index (χ2n) is 6.38. The summed E-state index contributed by atoms with van der Waals surface area (Å²) in [5.41, 5.74) is 3.89. The number of carbonyl (C=O) groups excluding carboxylic acids is 1. The molecule has 132 valence electrons. The van der Waals surface area contributed by atoms with E-state index in [1.165, 1.54) is 5.56 Å². The van der Waals surface area contributed by atoms with Gasteiger partial charge >= 0.3 is 0 Å². The zero-order valence-corrected chi connectivity index (χ0v) is 15.1. The van der Waals surface area contributed by atoms with Crippen LogP contribution in [0, 0.1) is 6.92 Å². The van der Waals surface area contributed by atoms with Gasteiger partial charge in [-0.15, -0.1) is 0 Å². The number of ether oxygens (including phenoxy) is 1. The second-order valence-corrected chi connectivity index (χ2v) is 6.38. The molecule has 0 aliphatic rings. The van der Waals surface area contributed by atoms with E-state index in [9.17, 15) is 4.79 Å². The molecule has 26 heavy (non-hydrogen) atoms. The van der Waals surface area contributed by atoms with Gasteiger partial charge in [0.05, 0.1) is 11.6 Å². The Balaban J connectivity index is 1.70. The SMILES string of the molecule is Cc1ccc([C@@H](C)NC(=O)c2ccccc2OCc2ccccc2)cc1. The highest BCUT2D eigenvalue weighted by molar-refractivity contribution is 5.97. The third-order valence-electron chi connectivity index (χ3n) is 4.29. The van der Waals surface area contributed by atoms with Crippen LogP contribution in [0.1, 0.15) is 40.0 Å². The molecular formula is C23H23NO2. The zero-order chi connectivity index (χ0) is 18.4. The minimum Gasteiger partial charge on any atom is -0.488 e. The normalized spacial score (nSPS) is 11.6. The number of carbonyl (C=O) groups is 1. The van der Waals surface area contributed by atoms with E-state index in [1.807, 2.05) is 74.5 Å². The van der Waals surface area contributed by atoms with Crippen LogP contribution in [0.3, 0.4) is 0 Å². The molecule has 3 nitrogen and oxygen atoms in total. The number of aryl methyl sites for hydroxylation is 1. The van der Waals surface area contributed by atoms with Crippen LogP contribution >= 0.6 is 0 Å². The standard InChI is InChI=1S/C23H23NO2/c1-17-12-14-20(15-13-17)18(2)24-23(25)21-10-6-7-11-22(21)26-16-19-8-4-3-5-9-19/h3-15,18H,16H2,1-2H3,(H,24,25)/t18-/m1/s1. The molecule has 1 N–H and O–H groups in total. The molecule has 1 atom stereocenters. The lowest BCUT2D eigenvalue weighted by atomic mass is 10.1. The molecule has 3 aromatic rings. The van der Waals surface area contributed by atoms with Gasteiger partial charge in [-0.1, -0.05) is 72.3 Å². The molecule has 1 amide bonds. The minimum atomic E-state index is -0.137. The van der Waals surface area contributed by atoms with Gasteiger partial charge in [0.1, 0.15) is 12.4 Å². The molecule has 0 saturated heterocycles. The summed E-state index contributed by atoms with van der Waals surface area (Å²) in [6.07, 6.45) is 0. The van der Waals surface area contributed by atoms with Gasteiger partial charge in [-0.25, -0.2) is 0 Å². The van der Waals surface area contributed by atoms with E-state index in [4.69, 9.17) is 4.74 Å². The molecule has 3 rings (SSSR count). The Hall–Kier alpha value is -3.07. The van der Waals surface area contributed by atoms with Gasteiger partial charge < -0.3 is 10.1 Å². The van der Waals surface area contributed by atoms with Gasteiger partial charge in [0.15, 0.2) is 0 Å². The quantitative estimate of drug-likeness (QED) is 0.678. The molecule has 0 aliphatic carbocycles. The molecule has 0 fully saturated rings. The molecule has 0 unspecified atom stereocenters. The summed E-state index contributed by atoms with van der Waals surface area (Å²) in [6.45, 7) is 4.46. The lowest BCUT2D eigenvalue weighted by molar-refractivity contribution is 0.0935. The van der Waals surface area contributed by atoms with Gasteiger partial charge in [0, 0.05) is 0 Å². The molecule has 0 spiro atoms. The van der Waals surface area contributed by atoms with Gasteiger partial charge in [-0.3, -0.25) is 4.79 Å². The number of amides is 1. The van der Waals surface area contributed by atoms with Gasteiger partial charge in [-0.05, 0) is 37.1 Å². The third-order valence-corrected chi connectivity index (χ3v) is 4.29. The highest BCUT2D eigenvalue weighted by atomic mass is 16.5. The number of benzene rings is 3. The van der Waals surface area contributed by atoms with Crippen LogP contribution < -0.4 is 10.1 Å². The van der Waals surface area contributed by atoms with Crippen molar-refractivity contribution in [2.45, 2.75) is 26.5 Å². The summed E-state index contributed by atoms with van der Waals surface area (Å²) in [6, 6.07) is 25.4. The van der Waals surface area contributed by atoms with Crippen molar-refractivity contribution in [2.75, 3.05) is 0 Å². The Morgan fingerprint density at radius 3 is 2.31 bits per heavy atom. The summed E-state index contributed by atoms with van der Waals surface area (Å²) in [4.78, 5) is 12.7. The van der Waals surface area contributed by atoms with Crippen molar-refractivity contribution in [3.63, 3.8) is 0 Å². The Bertz CT molecular complexity index is 857. The largest absolute Gasteiger partial charge is 0.488 e. The highest BCUT2D eigenvalue weighted by Gasteiger charge is 2.15. The fourth-order valence-corrected chi connectivity index (χ4v) is 2.73. The molecule has 0 radical (unpaired) electrons. The third kappa shape index (κ3) is 4.51. The molecule has 0 aromatic heterocycles. The summed E-state index contributed by atoms with van der Waals surface area (Å²) >= 11 is 0. The van der Waals surface area contributed by atoms with E-state index in [0.29, 0.717) is 17.9 Å². The first kappa shape index (κ1) is 17.7. The van der Waals surface area contributed by atoms with Gasteiger partial charge in [0.2, 0.25) is 0 Å². The summed E-state index contributed by atoms with van der Waals surface area (Å²) in [7, 11) is 0. The van der Waals surface area contributed by atoms with E-state index in [2.05, 4.69) is 17.4 Å². The molecule has 3 aromatic carbocycles. The lowest BCUT2D eigenvalue weighted by Gasteiger charge is -2.16. The van der Waals surface area contributed by atoms with E-state index < -0.39 is 0 Å². The Kier molecular flexibility index (Phi) is 5.69. The van der Waals surface area contributed by atoms with Crippen molar-refractivity contribution in [1.82, 2.24) is 5.32 Å². The predicted octanol–water partition coefficient (Wildman–Crippen LogP) is 5.07. The van der Waals surface area contributed by atoms with Gasteiger partial charge in [-0.2, -0.15) is 0 Å². The van der Waals surface area contributed by atoms with Gasteiger partial charge in [0.25, 0.3) is 5.91 Å². The average Bonchev–Trinajstić information content (AvgIpc) is 2.68. The van der Waals surface area contributed by atoms with Crippen molar-refractivity contribution in [1.29, 1.82) is 0 Å². The second kappa shape index (κ2) is 8.34.